The van der Waals surface area contributed by atoms with E-state index in [1.54, 1.807) is 36.4 Å². The molecule has 1 aromatic heterocycles. The number of aromatic nitrogens is 1. The van der Waals surface area contributed by atoms with Crippen LogP contribution in [0.1, 0.15) is 19.4 Å². The fraction of sp³-hybridized carbons (Fsp3) is 0.222. The van der Waals surface area contributed by atoms with Crippen molar-refractivity contribution < 1.29 is 19.1 Å². The number of rotatable bonds is 6. The second kappa shape index (κ2) is 8.83. The third kappa shape index (κ3) is 5.19. The molecule has 7 nitrogen and oxygen atoms in total. The minimum absolute atomic E-state index is 0.136. The Morgan fingerprint density at radius 3 is 2.50 bits per heavy atom. The topological polar surface area (TPSA) is 101 Å². The van der Waals surface area contributed by atoms with Gasteiger partial charge < -0.3 is 14.8 Å². The van der Waals surface area contributed by atoms with E-state index in [0.29, 0.717) is 17.0 Å². The molecular weight excluding hydrogens is 358 g/mol. The van der Waals surface area contributed by atoms with Crippen LogP contribution < -0.4 is 10.1 Å². The van der Waals surface area contributed by atoms with Crippen LogP contribution in [0.15, 0.2) is 42.6 Å². The lowest BCUT2D eigenvalue weighted by Crippen LogP contribution is -2.35. The van der Waals surface area contributed by atoms with Gasteiger partial charge in [0.1, 0.15) is 5.75 Å². The summed E-state index contributed by atoms with van der Waals surface area (Å²) in [5.74, 6) is -0.833. The normalized spacial score (nSPS) is 12.4. The molecule has 134 valence electrons. The van der Waals surface area contributed by atoms with Crippen LogP contribution in [0.3, 0.4) is 0 Å². The van der Waals surface area contributed by atoms with Crippen LogP contribution in [0.4, 0.5) is 5.69 Å². The first-order chi connectivity index (χ1) is 12.4. The Balaban J connectivity index is 1.89. The average Bonchev–Trinajstić information content (AvgIpc) is 2.64. The molecule has 1 amide bonds. The van der Waals surface area contributed by atoms with Crippen LogP contribution in [0.5, 0.6) is 5.75 Å². The largest absolute Gasteiger partial charge is 0.479 e. The summed E-state index contributed by atoms with van der Waals surface area (Å²) in [6, 6.07) is 11.5. The second-order valence-electron chi connectivity index (χ2n) is 5.31. The minimum atomic E-state index is -1.05. The molecular formula is C18H16ClN3O4. The van der Waals surface area contributed by atoms with Crippen LogP contribution in [-0.2, 0) is 14.3 Å². The molecule has 0 aliphatic heterocycles. The number of carbonyl (C=O) groups excluding carboxylic acids is 2. The van der Waals surface area contributed by atoms with Crippen molar-refractivity contribution in [2.75, 3.05) is 5.32 Å². The predicted molar refractivity (Wildman–Crippen MR) is 94.7 cm³/mol. The highest BCUT2D eigenvalue weighted by Crippen LogP contribution is 2.18. The van der Waals surface area contributed by atoms with Gasteiger partial charge in [0, 0.05) is 6.20 Å². The Morgan fingerprint density at radius 1 is 1.19 bits per heavy atom. The van der Waals surface area contributed by atoms with Crippen molar-refractivity contribution in [3.05, 3.63) is 53.3 Å². The Hall–Kier alpha value is -3.11. The van der Waals surface area contributed by atoms with Gasteiger partial charge in [-0.1, -0.05) is 11.6 Å². The number of pyridine rings is 1. The third-order valence-corrected chi connectivity index (χ3v) is 3.61. The molecule has 2 aromatic rings. The number of hydrogen-bond donors (Lipinski definition) is 1. The number of nitrogens with one attached hydrogen (secondary N) is 1. The van der Waals surface area contributed by atoms with Gasteiger partial charge in [-0.3, -0.25) is 4.79 Å². The second-order valence-corrected chi connectivity index (χ2v) is 5.66. The summed E-state index contributed by atoms with van der Waals surface area (Å²) in [6.45, 7) is 2.94. The summed E-state index contributed by atoms with van der Waals surface area (Å²) in [4.78, 5) is 28.0. The van der Waals surface area contributed by atoms with E-state index >= 15 is 0 Å². The Bertz CT molecular complexity index is 833. The van der Waals surface area contributed by atoms with E-state index in [0.717, 1.165) is 0 Å². The third-order valence-electron chi connectivity index (χ3n) is 3.31. The zero-order valence-electron chi connectivity index (χ0n) is 14.1. The molecule has 1 heterocycles. The number of hydrogen-bond acceptors (Lipinski definition) is 6. The Morgan fingerprint density at radius 2 is 1.88 bits per heavy atom. The lowest BCUT2D eigenvalue weighted by Gasteiger charge is -2.18. The molecule has 0 radical (unpaired) electrons. The number of anilines is 1. The molecule has 0 bridgehead atoms. The summed E-state index contributed by atoms with van der Waals surface area (Å²) in [5.41, 5.74) is 0.802. The summed E-state index contributed by atoms with van der Waals surface area (Å²) in [5, 5.41) is 11.4. The first-order valence-electron chi connectivity index (χ1n) is 7.69. The maximum atomic E-state index is 12.1. The van der Waals surface area contributed by atoms with Crippen molar-refractivity contribution in [1.29, 1.82) is 5.26 Å². The van der Waals surface area contributed by atoms with E-state index < -0.39 is 24.1 Å². The Labute approximate surface area is 155 Å². The van der Waals surface area contributed by atoms with Gasteiger partial charge in [0.2, 0.25) is 0 Å². The van der Waals surface area contributed by atoms with Crippen molar-refractivity contribution in [2.24, 2.45) is 0 Å². The molecule has 0 saturated heterocycles. The maximum Gasteiger partial charge on any atom is 0.347 e. The number of benzene rings is 1. The van der Waals surface area contributed by atoms with Crippen molar-refractivity contribution in [3.8, 4) is 11.8 Å². The van der Waals surface area contributed by atoms with Gasteiger partial charge in [-0.25, -0.2) is 9.78 Å². The fourth-order valence-corrected chi connectivity index (χ4v) is 2.06. The van der Waals surface area contributed by atoms with Gasteiger partial charge in [0.15, 0.2) is 17.4 Å². The van der Waals surface area contributed by atoms with Crippen LogP contribution in [0.25, 0.3) is 0 Å². The first-order valence-corrected chi connectivity index (χ1v) is 8.07. The van der Waals surface area contributed by atoms with Gasteiger partial charge in [-0.15, -0.1) is 0 Å². The molecule has 1 aromatic carbocycles. The van der Waals surface area contributed by atoms with Crippen molar-refractivity contribution in [2.45, 2.75) is 26.1 Å². The van der Waals surface area contributed by atoms with Crippen molar-refractivity contribution >= 4 is 29.2 Å². The summed E-state index contributed by atoms with van der Waals surface area (Å²) in [6.07, 6.45) is -0.491. The SMILES string of the molecule is C[C@@H](OC(=O)[C@@H](C)Oc1ccc(C#N)cc1)C(=O)Nc1cccnc1Cl. The quantitative estimate of drug-likeness (QED) is 0.617. The lowest BCUT2D eigenvalue weighted by atomic mass is 10.2. The molecule has 0 aliphatic carbocycles. The first kappa shape index (κ1) is 19.2. The van der Waals surface area contributed by atoms with Crippen LogP contribution >= 0.6 is 11.6 Å². The molecule has 2 atom stereocenters. The number of amides is 1. The summed E-state index contributed by atoms with van der Waals surface area (Å²) in [7, 11) is 0. The number of ether oxygens (including phenoxy) is 2. The molecule has 0 spiro atoms. The maximum absolute atomic E-state index is 12.1. The average molecular weight is 374 g/mol. The predicted octanol–water partition coefficient (Wildman–Crippen LogP) is 2.94. The Kier molecular flexibility index (Phi) is 6.53. The van der Waals surface area contributed by atoms with Gasteiger partial charge in [0.25, 0.3) is 5.91 Å². The van der Waals surface area contributed by atoms with Crippen LogP contribution in [0, 0.1) is 11.3 Å². The highest BCUT2D eigenvalue weighted by molar-refractivity contribution is 6.32. The number of nitriles is 1. The number of halogens is 1. The van der Waals surface area contributed by atoms with Gasteiger partial charge >= 0.3 is 5.97 Å². The smallest absolute Gasteiger partial charge is 0.347 e. The molecule has 2 rings (SSSR count). The van der Waals surface area contributed by atoms with E-state index in [1.807, 2.05) is 6.07 Å². The van der Waals surface area contributed by atoms with Crippen molar-refractivity contribution in [1.82, 2.24) is 4.98 Å². The lowest BCUT2D eigenvalue weighted by molar-refractivity contribution is -0.159. The number of nitrogens with zero attached hydrogens (tertiary/aromatic N) is 2. The standard InChI is InChI=1S/C18H16ClN3O4/c1-11(17(23)22-15-4-3-9-21-16(15)19)26-18(24)12(2)25-14-7-5-13(10-20)6-8-14/h3-9,11-12H,1-2H3,(H,22,23)/t11-,12-/m1/s1. The molecule has 0 unspecified atom stereocenters. The molecule has 8 heteroatoms. The molecule has 0 saturated carbocycles. The van der Waals surface area contributed by atoms with Crippen molar-refractivity contribution in [3.63, 3.8) is 0 Å². The number of carbonyl (C=O) groups is 2. The minimum Gasteiger partial charge on any atom is -0.479 e. The molecule has 0 fully saturated rings. The van der Waals surface area contributed by atoms with Gasteiger partial charge in [-0.05, 0) is 50.2 Å². The monoisotopic (exact) mass is 373 g/mol. The van der Waals surface area contributed by atoms with Gasteiger partial charge in [-0.2, -0.15) is 5.26 Å². The van der Waals surface area contributed by atoms with Crippen LogP contribution in [-0.4, -0.2) is 29.1 Å². The fourth-order valence-electron chi connectivity index (χ4n) is 1.90. The summed E-state index contributed by atoms with van der Waals surface area (Å²) >= 11 is 5.87. The zero-order chi connectivity index (χ0) is 19.1. The van der Waals surface area contributed by atoms with E-state index in [4.69, 9.17) is 26.3 Å². The molecule has 0 aliphatic rings. The number of esters is 1. The molecule has 1 N–H and O–H groups in total. The summed E-state index contributed by atoms with van der Waals surface area (Å²) < 4.78 is 10.6. The highest BCUT2D eigenvalue weighted by Gasteiger charge is 2.23. The van der Waals surface area contributed by atoms with E-state index in [2.05, 4.69) is 10.3 Å². The van der Waals surface area contributed by atoms with E-state index in [-0.39, 0.29) is 5.15 Å². The molecule has 26 heavy (non-hydrogen) atoms. The van der Waals surface area contributed by atoms with E-state index in [1.165, 1.54) is 20.0 Å². The van der Waals surface area contributed by atoms with E-state index in [9.17, 15) is 9.59 Å². The zero-order valence-corrected chi connectivity index (χ0v) is 14.9. The highest BCUT2D eigenvalue weighted by atomic mass is 35.5. The van der Waals surface area contributed by atoms with Gasteiger partial charge in [0.05, 0.1) is 17.3 Å². The van der Waals surface area contributed by atoms with Crippen LogP contribution in [0.2, 0.25) is 5.15 Å².